The zero-order valence-corrected chi connectivity index (χ0v) is 14.3. The van der Waals surface area contributed by atoms with Crippen LogP contribution in [0.3, 0.4) is 0 Å². The minimum atomic E-state index is -1.24. The maximum atomic E-state index is 12.4. The molecule has 7 heteroatoms. The Morgan fingerprint density at radius 3 is 2.92 bits per heavy atom. The number of hydrogen-bond donors (Lipinski definition) is 2. The van der Waals surface area contributed by atoms with E-state index in [4.69, 9.17) is 9.47 Å². The Morgan fingerprint density at radius 1 is 1.28 bits per heavy atom. The van der Waals surface area contributed by atoms with Crippen LogP contribution in [0.25, 0.3) is 10.2 Å². The summed E-state index contributed by atoms with van der Waals surface area (Å²) in [6.45, 7) is 1.87. The van der Waals surface area contributed by atoms with Gasteiger partial charge in [-0.3, -0.25) is 4.79 Å². The van der Waals surface area contributed by atoms with Gasteiger partial charge in [0.1, 0.15) is 5.60 Å². The van der Waals surface area contributed by atoms with Gasteiger partial charge in [-0.05, 0) is 36.8 Å². The standard InChI is InChI=1S/C18H16N2O4S/c1-18(22,11-6-7-13-14(8-11)24-10-23-13)9-19-16(21)17-20-12-4-2-3-5-15(12)25-17/h2-8,22H,9-10H2,1H3,(H,19,21)/t18-/m0/s1. The van der Waals surface area contributed by atoms with E-state index >= 15 is 0 Å². The third kappa shape index (κ3) is 3.04. The maximum Gasteiger partial charge on any atom is 0.280 e. The Labute approximate surface area is 148 Å². The van der Waals surface area contributed by atoms with Crippen LogP contribution in [-0.4, -0.2) is 29.3 Å². The van der Waals surface area contributed by atoms with Gasteiger partial charge in [-0.15, -0.1) is 11.3 Å². The molecule has 1 amide bonds. The average Bonchev–Trinajstić information content (AvgIpc) is 3.25. The Balaban J connectivity index is 1.48. The second-order valence-electron chi connectivity index (χ2n) is 6.01. The van der Waals surface area contributed by atoms with Gasteiger partial charge in [0.05, 0.1) is 16.8 Å². The lowest BCUT2D eigenvalue weighted by molar-refractivity contribution is 0.0525. The van der Waals surface area contributed by atoms with Gasteiger partial charge >= 0.3 is 0 Å². The van der Waals surface area contributed by atoms with E-state index in [0.717, 1.165) is 10.2 Å². The lowest BCUT2D eigenvalue weighted by atomic mass is 9.95. The molecule has 128 valence electrons. The molecule has 2 heterocycles. The molecule has 4 rings (SSSR count). The van der Waals surface area contributed by atoms with Crippen molar-refractivity contribution in [3.8, 4) is 11.5 Å². The molecule has 0 saturated heterocycles. The van der Waals surface area contributed by atoms with Crippen molar-refractivity contribution in [2.45, 2.75) is 12.5 Å². The molecular weight excluding hydrogens is 340 g/mol. The number of carbonyl (C=O) groups excluding carboxylic acids is 1. The third-order valence-corrected chi connectivity index (χ3v) is 5.11. The van der Waals surface area contributed by atoms with Crippen LogP contribution in [0.2, 0.25) is 0 Å². The van der Waals surface area contributed by atoms with Crippen molar-refractivity contribution in [3.05, 3.63) is 53.0 Å². The number of nitrogens with one attached hydrogen (secondary N) is 1. The first-order chi connectivity index (χ1) is 12.0. The molecule has 0 saturated carbocycles. The molecule has 25 heavy (non-hydrogen) atoms. The Kier molecular flexibility index (Phi) is 3.82. The van der Waals surface area contributed by atoms with Crippen LogP contribution < -0.4 is 14.8 Å². The first-order valence-electron chi connectivity index (χ1n) is 7.79. The average molecular weight is 356 g/mol. The summed E-state index contributed by atoms with van der Waals surface area (Å²) in [5, 5.41) is 13.9. The Bertz CT molecular complexity index is 918. The van der Waals surface area contributed by atoms with Crippen molar-refractivity contribution in [2.24, 2.45) is 0 Å². The number of aliphatic hydroxyl groups is 1. The molecule has 0 aliphatic carbocycles. The van der Waals surface area contributed by atoms with Gasteiger partial charge in [0.15, 0.2) is 16.5 Å². The summed E-state index contributed by atoms with van der Waals surface area (Å²) in [6.07, 6.45) is 0. The fraction of sp³-hybridized carbons (Fsp3) is 0.222. The summed E-state index contributed by atoms with van der Waals surface area (Å²) in [5.41, 5.74) is 0.189. The number of amides is 1. The molecule has 1 atom stereocenters. The topological polar surface area (TPSA) is 80.7 Å². The second kappa shape index (κ2) is 6.02. The summed E-state index contributed by atoms with van der Waals surface area (Å²) >= 11 is 1.33. The van der Waals surface area contributed by atoms with E-state index in [1.54, 1.807) is 25.1 Å². The summed E-state index contributed by atoms with van der Waals surface area (Å²) in [5.74, 6) is 0.940. The second-order valence-corrected chi connectivity index (χ2v) is 7.04. The summed E-state index contributed by atoms with van der Waals surface area (Å²) in [4.78, 5) is 16.7. The summed E-state index contributed by atoms with van der Waals surface area (Å²) < 4.78 is 11.6. The number of ether oxygens (including phenoxy) is 2. The van der Waals surface area contributed by atoms with Gasteiger partial charge in [-0.25, -0.2) is 4.98 Å². The van der Waals surface area contributed by atoms with Crippen LogP contribution in [0, 0.1) is 0 Å². The molecule has 1 aromatic heterocycles. The van der Waals surface area contributed by atoms with Gasteiger partial charge in [0, 0.05) is 0 Å². The predicted octanol–water partition coefficient (Wildman–Crippen LogP) is 2.66. The van der Waals surface area contributed by atoms with E-state index in [0.29, 0.717) is 22.1 Å². The highest BCUT2D eigenvalue weighted by Crippen LogP contribution is 2.35. The monoisotopic (exact) mass is 356 g/mol. The van der Waals surface area contributed by atoms with Gasteiger partial charge in [-0.1, -0.05) is 18.2 Å². The highest BCUT2D eigenvalue weighted by molar-refractivity contribution is 7.20. The van der Waals surface area contributed by atoms with Crippen LogP contribution in [0.5, 0.6) is 11.5 Å². The van der Waals surface area contributed by atoms with Gasteiger partial charge < -0.3 is 19.9 Å². The van der Waals surface area contributed by atoms with E-state index in [1.165, 1.54) is 11.3 Å². The molecule has 2 aromatic carbocycles. The largest absolute Gasteiger partial charge is 0.454 e. The van der Waals surface area contributed by atoms with E-state index < -0.39 is 5.60 Å². The highest BCUT2D eigenvalue weighted by Gasteiger charge is 2.27. The number of fused-ring (bicyclic) bond motifs is 2. The van der Waals surface area contributed by atoms with Crippen LogP contribution in [-0.2, 0) is 5.60 Å². The van der Waals surface area contributed by atoms with Gasteiger partial charge in [-0.2, -0.15) is 0 Å². The van der Waals surface area contributed by atoms with E-state index in [9.17, 15) is 9.90 Å². The molecule has 6 nitrogen and oxygen atoms in total. The number of aromatic nitrogens is 1. The van der Waals surface area contributed by atoms with Crippen molar-refractivity contribution in [2.75, 3.05) is 13.3 Å². The molecule has 3 aromatic rings. The third-order valence-electron chi connectivity index (χ3n) is 4.08. The number of thiazole rings is 1. The van der Waals surface area contributed by atoms with Crippen molar-refractivity contribution in [1.29, 1.82) is 0 Å². The fourth-order valence-electron chi connectivity index (χ4n) is 2.63. The normalized spacial score (nSPS) is 15.1. The lowest BCUT2D eigenvalue weighted by Gasteiger charge is -2.24. The van der Waals surface area contributed by atoms with Crippen LogP contribution in [0.4, 0.5) is 0 Å². The maximum absolute atomic E-state index is 12.4. The predicted molar refractivity (Wildman–Crippen MR) is 94.1 cm³/mol. The molecule has 0 bridgehead atoms. The van der Waals surface area contributed by atoms with Crippen LogP contribution >= 0.6 is 11.3 Å². The molecule has 1 aliphatic rings. The number of benzene rings is 2. The van der Waals surface area contributed by atoms with Crippen molar-refractivity contribution in [1.82, 2.24) is 10.3 Å². The smallest absolute Gasteiger partial charge is 0.280 e. The van der Waals surface area contributed by atoms with E-state index in [-0.39, 0.29) is 19.2 Å². The Hall–Kier alpha value is -2.64. The molecule has 0 radical (unpaired) electrons. The number of para-hydroxylation sites is 1. The van der Waals surface area contributed by atoms with Gasteiger partial charge in [0.2, 0.25) is 6.79 Å². The van der Waals surface area contributed by atoms with E-state index in [2.05, 4.69) is 10.3 Å². The molecule has 1 aliphatic heterocycles. The van der Waals surface area contributed by atoms with Crippen molar-refractivity contribution < 1.29 is 19.4 Å². The zero-order chi connectivity index (χ0) is 17.4. The minimum absolute atomic E-state index is 0.0569. The number of hydrogen-bond acceptors (Lipinski definition) is 6. The quantitative estimate of drug-likeness (QED) is 0.751. The Morgan fingerprint density at radius 2 is 2.08 bits per heavy atom. The van der Waals surface area contributed by atoms with Gasteiger partial charge in [0.25, 0.3) is 5.91 Å². The van der Waals surface area contributed by atoms with Crippen molar-refractivity contribution in [3.63, 3.8) is 0 Å². The van der Waals surface area contributed by atoms with E-state index in [1.807, 2.05) is 24.3 Å². The summed E-state index contributed by atoms with van der Waals surface area (Å²) in [6, 6.07) is 12.8. The zero-order valence-electron chi connectivity index (χ0n) is 13.5. The van der Waals surface area contributed by atoms with Crippen LogP contribution in [0.15, 0.2) is 42.5 Å². The number of carbonyl (C=O) groups is 1. The molecule has 0 spiro atoms. The molecular formula is C18H16N2O4S. The number of rotatable bonds is 4. The minimum Gasteiger partial charge on any atom is -0.454 e. The highest BCUT2D eigenvalue weighted by atomic mass is 32.1. The molecule has 0 unspecified atom stereocenters. The fourth-order valence-corrected chi connectivity index (χ4v) is 3.51. The first-order valence-corrected chi connectivity index (χ1v) is 8.61. The van der Waals surface area contributed by atoms with Crippen LogP contribution in [0.1, 0.15) is 22.3 Å². The molecule has 0 fully saturated rings. The molecule has 2 N–H and O–H groups in total. The van der Waals surface area contributed by atoms with Crippen molar-refractivity contribution >= 4 is 27.5 Å². The lowest BCUT2D eigenvalue weighted by Crippen LogP contribution is -2.38. The number of nitrogens with zero attached hydrogens (tertiary/aromatic N) is 1. The first kappa shape index (κ1) is 15.9. The SMILES string of the molecule is C[C@](O)(CNC(=O)c1nc2ccccc2s1)c1ccc2c(c1)OCO2. The summed E-state index contributed by atoms with van der Waals surface area (Å²) in [7, 11) is 0.